The molecule has 2 heterocycles. The molecule has 1 aromatic heterocycles. The van der Waals surface area contributed by atoms with Gasteiger partial charge in [0, 0.05) is 17.1 Å². The van der Waals surface area contributed by atoms with Crippen molar-refractivity contribution in [3.63, 3.8) is 0 Å². The minimum Gasteiger partial charge on any atom is -0.507 e. The number of aromatic nitrogens is 1. The molecule has 8 nitrogen and oxygen atoms in total. The molecule has 3 aromatic rings. The molecule has 1 amide bonds. The summed E-state index contributed by atoms with van der Waals surface area (Å²) in [7, 11) is 2.89. The van der Waals surface area contributed by atoms with E-state index in [9.17, 15) is 19.8 Å². The fraction of sp³-hybridized carbons (Fsp3) is 0.136. The average molecular weight is 438 g/mol. The highest BCUT2D eigenvalue weighted by Crippen LogP contribution is 2.44. The molecule has 4 rings (SSSR count). The normalized spacial score (nSPS) is 17.7. The molecule has 158 valence electrons. The van der Waals surface area contributed by atoms with Gasteiger partial charge in [-0.2, -0.15) is 0 Å². The molecule has 2 aromatic carbocycles. The van der Waals surface area contributed by atoms with Crippen molar-refractivity contribution in [1.29, 1.82) is 0 Å². The first kappa shape index (κ1) is 20.4. The van der Waals surface area contributed by atoms with Gasteiger partial charge < -0.3 is 19.7 Å². The number of anilines is 1. The standard InChI is InChI=1S/C22H18N2O6S/c1-29-14-5-3-4-13(10-14)19(26)17-18(12-6-7-15(25)16(11-12)30-2)24(21(28)20(17)27)22-23-8-9-31-22/h3-11,18,25-26H,1-2H3/b19-17+. The molecule has 1 aliphatic rings. The van der Waals surface area contributed by atoms with Crippen molar-refractivity contribution in [2.24, 2.45) is 0 Å². The number of thiazole rings is 1. The minimum atomic E-state index is -0.966. The maximum atomic E-state index is 13.0. The molecule has 1 aliphatic heterocycles. The molecule has 0 aliphatic carbocycles. The summed E-state index contributed by atoms with van der Waals surface area (Å²) < 4.78 is 10.4. The number of ether oxygens (including phenoxy) is 2. The molecule has 1 atom stereocenters. The number of amides is 1. The van der Waals surface area contributed by atoms with Gasteiger partial charge in [0.05, 0.1) is 25.8 Å². The van der Waals surface area contributed by atoms with Crippen LogP contribution in [0.4, 0.5) is 5.13 Å². The number of carbonyl (C=O) groups is 2. The highest BCUT2D eigenvalue weighted by atomic mass is 32.1. The van der Waals surface area contributed by atoms with E-state index in [1.807, 2.05) is 0 Å². The number of aliphatic hydroxyl groups is 1. The number of phenols is 1. The Hall–Kier alpha value is -3.85. The third-order valence-corrected chi connectivity index (χ3v) is 5.70. The number of benzene rings is 2. The first-order valence-electron chi connectivity index (χ1n) is 9.18. The zero-order valence-electron chi connectivity index (χ0n) is 16.6. The second-order valence-electron chi connectivity index (χ2n) is 6.65. The molecule has 0 spiro atoms. The van der Waals surface area contributed by atoms with Crippen LogP contribution in [0.3, 0.4) is 0 Å². The molecule has 1 saturated heterocycles. The number of aliphatic hydroxyl groups excluding tert-OH is 1. The van der Waals surface area contributed by atoms with Crippen LogP contribution < -0.4 is 14.4 Å². The second kappa shape index (κ2) is 8.11. The van der Waals surface area contributed by atoms with E-state index in [0.29, 0.717) is 22.0 Å². The lowest BCUT2D eigenvalue weighted by atomic mass is 9.95. The van der Waals surface area contributed by atoms with Crippen LogP contribution in [0.5, 0.6) is 17.2 Å². The van der Waals surface area contributed by atoms with E-state index in [0.717, 1.165) is 0 Å². The first-order chi connectivity index (χ1) is 15.0. The Labute approximate surface area is 181 Å². The Kier molecular flexibility index (Phi) is 5.35. The zero-order chi connectivity index (χ0) is 22.1. The number of rotatable bonds is 5. The highest BCUT2D eigenvalue weighted by Gasteiger charge is 2.48. The van der Waals surface area contributed by atoms with E-state index in [4.69, 9.17) is 9.47 Å². The molecule has 0 saturated carbocycles. The lowest BCUT2D eigenvalue weighted by molar-refractivity contribution is -0.132. The first-order valence-corrected chi connectivity index (χ1v) is 10.1. The van der Waals surface area contributed by atoms with Crippen molar-refractivity contribution >= 4 is 33.9 Å². The minimum absolute atomic E-state index is 0.0924. The van der Waals surface area contributed by atoms with Crippen molar-refractivity contribution in [2.75, 3.05) is 19.1 Å². The molecule has 0 bridgehead atoms. The van der Waals surface area contributed by atoms with E-state index >= 15 is 0 Å². The van der Waals surface area contributed by atoms with Crippen LogP contribution in [0.2, 0.25) is 0 Å². The van der Waals surface area contributed by atoms with Gasteiger partial charge in [-0.25, -0.2) is 4.98 Å². The highest BCUT2D eigenvalue weighted by molar-refractivity contribution is 7.14. The summed E-state index contributed by atoms with van der Waals surface area (Å²) >= 11 is 1.19. The summed E-state index contributed by atoms with van der Waals surface area (Å²) in [5.74, 6) is -1.42. The second-order valence-corrected chi connectivity index (χ2v) is 7.52. The summed E-state index contributed by atoms with van der Waals surface area (Å²) in [4.78, 5) is 31.4. The van der Waals surface area contributed by atoms with Crippen LogP contribution in [0.15, 0.2) is 59.6 Å². The van der Waals surface area contributed by atoms with Crippen LogP contribution >= 0.6 is 11.3 Å². The molecule has 1 fully saturated rings. The van der Waals surface area contributed by atoms with Gasteiger partial charge in [-0.1, -0.05) is 18.2 Å². The number of ketones is 1. The SMILES string of the molecule is COc1cccc(/C(O)=C2\C(=O)C(=O)N(c3nccs3)C2c2ccc(O)c(OC)c2)c1. The Morgan fingerprint density at radius 3 is 2.61 bits per heavy atom. The maximum absolute atomic E-state index is 13.0. The van der Waals surface area contributed by atoms with E-state index in [-0.39, 0.29) is 22.8 Å². The van der Waals surface area contributed by atoms with E-state index in [1.54, 1.807) is 35.7 Å². The van der Waals surface area contributed by atoms with Crippen LogP contribution in [-0.4, -0.2) is 41.1 Å². The predicted molar refractivity (Wildman–Crippen MR) is 115 cm³/mol. The summed E-state index contributed by atoms with van der Waals surface area (Å²) in [5.41, 5.74) is 0.696. The summed E-state index contributed by atoms with van der Waals surface area (Å²) in [6.45, 7) is 0. The monoisotopic (exact) mass is 438 g/mol. The number of nitrogens with zero attached hydrogens (tertiary/aromatic N) is 2. The lowest BCUT2D eigenvalue weighted by Gasteiger charge is -2.23. The van der Waals surface area contributed by atoms with Crippen molar-refractivity contribution in [3.8, 4) is 17.2 Å². The van der Waals surface area contributed by atoms with Gasteiger partial charge in [-0.15, -0.1) is 11.3 Å². The number of carbonyl (C=O) groups excluding carboxylic acids is 2. The summed E-state index contributed by atoms with van der Waals surface area (Å²) in [6, 6.07) is 10.1. The third-order valence-electron chi connectivity index (χ3n) is 4.93. The Bertz CT molecular complexity index is 1190. The number of methoxy groups -OCH3 is 2. The van der Waals surface area contributed by atoms with Crippen LogP contribution in [-0.2, 0) is 9.59 Å². The van der Waals surface area contributed by atoms with Gasteiger partial charge >= 0.3 is 5.91 Å². The van der Waals surface area contributed by atoms with Crippen LogP contribution in [0, 0.1) is 0 Å². The molecule has 1 unspecified atom stereocenters. The fourth-order valence-corrected chi connectivity index (χ4v) is 4.14. The third kappa shape index (κ3) is 3.49. The molecule has 9 heteroatoms. The van der Waals surface area contributed by atoms with Gasteiger partial charge in [-0.05, 0) is 29.8 Å². The van der Waals surface area contributed by atoms with Gasteiger partial charge in [0.15, 0.2) is 16.6 Å². The molecular formula is C22H18N2O6S. The van der Waals surface area contributed by atoms with Crippen molar-refractivity contribution in [3.05, 3.63) is 70.7 Å². The van der Waals surface area contributed by atoms with Gasteiger partial charge in [0.1, 0.15) is 11.5 Å². The molecule has 0 radical (unpaired) electrons. The summed E-state index contributed by atoms with van der Waals surface area (Å²) in [6.07, 6.45) is 1.52. The van der Waals surface area contributed by atoms with E-state index < -0.39 is 17.7 Å². The zero-order valence-corrected chi connectivity index (χ0v) is 17.4. The lowest BCUT2D eigenvalue weighted by Crippen LogP contribution is -2.29. The Balaban J connectivity index is 1.95. The maximum Gasteiger partial charge on any atom is 0.301 e. The van der Waals surface area contributed by atoms with Crippen LogP contribution in [0.25, 0.3) is 5.76 Å². The number of hydrogen-bond donors (Lipinski definition) is 2. The largest absolute Gasteiger partial charge is 0.507 e. The van der Waals surface area contributed by atoms with Gasteiger partial charge in [0.2, 0.25) is 0 Å². The molecule has 2 N–H and O–H groups in total. The average Bonchev–Trinajstić information content (AvgIpc) is 3.40. The molecule has 31 heavy (non-hydrogen) atoms. The van der Waals surface area contributed by atoms with Crippen molar-refractivity contribution in [1.82, 2.24) is 4.98 Å². The van der Waals surface area contributed by atoms with Crippen molar-refractivity contribution in [2.45, 2.75) is 6.04 Å². The Morgan fingerprint density at radius 2 is 1.94 bits per heavy atom. The number of aromatic hydroxyl groups is 1. The molecular weight excluding hydrogens is 420 g/mol. The van der Waals surface area contributed by atoms with E-state index in [2.05, 4.69) is 4.98 Å². The fourth-order valence-electron chi connectivity index (χ4n) is 3.47. The van der Waals surface area contributed by atoms with Gasteiger partial charge in [-0.3, -0.25) is 14.5 Å². The van der Waals surface area contributed by atoms with Gasteiger partial charge in [0.25, 0.3) is 5.78 Å². The smallest absolute Gasteiger partial charge is 0.301 e. The Morgan fingerprint density at radius 1 is 1.13 bits per heavy atom. The van der Waals surface area contributed by atoms with Crippen LogP contribution in [0.1, 0.15) is 17.2 Å². The number of phenolic OH excluding ortho intramolecular Hbond substituents is 1. The summed E-state index contributed by atoms with van der Waals surface area (Å²) in [5, 5.41) is 23.1. The topological polar surface area (TPSA) is 109 Å². The van der Waals surface area contributed by atoms with Crippen molar-refractivity contribution < 1.29 is 29.3 Å². The predicted octanol–water partition coefficient (Wildman–Crippen LogP) is 3.49. The number of Topliss-reactive ketones (excluding diaryl/α,β-unsaturated/α-hetero) is 1. The quantitative estimate of drug-likeness (QED) is 0.356. The van der Waals surface area contributed by atoms with E-state index in [1.165, 1.54) is 48.8 Å². The number of hydrogen-bond acceptors (Lipinski definition) is 8.